The van der Waals surface area contributed by atoms with E-state index in [1.165, 1.54) is 24.0 Å². The van der Waals surface area contributed by atoms with Gasteiger partial charge in [-0.15, -0.1) is 0 Å². The number of rotatable bonds is 9. The Morgan fingerprint density at radius 3 is 2.58 bits per heavy atom. The van der Waals surface area contributed by atoms with Gasteiger partial charge in [-0.2, -0.15) is 0 Å². The lowest BCUT2D eigenvalue weighted by molar-refractivity contribution is 0.302. The summed E-state index contributed by atoms with van der Waals surface area (Å²) in [4.78, 5) is 0. The van der Waals surface area contributed by atoms with Crippen molar-refractivity contribution >= 4 is 0 Å². The summed E-state index contributed by atoms with van der Waals surface area (Å²) in [6.07, 6.45) is 3.61. The highest BCUT2D eigenvalue weighted by Crippen LogP contribution is 2.18. The minimum Gasteiger partial charge on any atom is -0.493 e. The van der Waals surface area contributed by atoms with Gasteiger partial charge in [0.2, 0.25) is 0 Å². The fourth-order valence-corrected chi connectivity index (χ4v) is 2.06. The van der Waals surface area contributed by atoms with Crippen molar-refractivity contribution in [3.05, 3.63) is 29.3 Å². The van der Waals surface area contributed by atoms with Crippen LogP contribution in [0.25, 0.3) is 0 Å². The number of aryl methyl sites for hydroxylation is 2. The van der Waals surface area contributed by atoms with Crippen LogP contribution in [-0.4, -0.2) is 19.7 Å². The van der Waals surface area contributed by atoms with Crippen molar-refractivity contribution in [3.63, 3.8) is 0 Å². The third-order valence-electron chi connectivity index (χ3n) is 3.14. The van der Waals surface area contributed by atoms with Gasteiger partial charge >= 0.3 is 0 Å². The zero-order chi connectivity index (χ0) is 14.1. The van der Waals surface area contributed by atoms with Crippen LogP contribution in [0, 0.1) is 19.8 Å². The van der Waals surface area contributed by atoms with E-state index >= 15 is 0 Å². The molecule has 0 atom stereocenters. The van der Waals surface area contributed by atoms with E-state index in [-0.39, 0.29) is 0 Å². The summed E-state index contributed by atoms with van der Waals surface area (Å²) in [5.74, 6) is 1.77. The first-order valence-corrected chi connectivity index (χ1v) is 7.50. The summed E-state index contributed by atoms with van der Waals surface area (Å²) in [6.45, 7) is 11.8. The monoisotopic (exact) mass is 263 g/mol. The maximum atomic E-state index is 5.82. The molecule has 1 rings (SSSR count). The van der Waals surface area contributed by atoms with E-state index in [4.69, 9.17) is 4.74 Å². The van der Waals surface area contributed by atoms with E-state index in [0.29, 0.717) is 0 Å². The zero-order valence-electron chi connectivity index (χ0n) is 13.0. The molecule has 0 amide bonds. The Kier molecular flexibility index (Phi) is 7.57. The van der Waals surface area contributed by atoms with E-state index < -0.39 is 0 Å². The molecule has 0 bridgehead atoms. The van der Waals surface area contributed by atoms with Gasteiger partial charge in [-0.25, -0.2) is 0 Å². The number of unbranched alkanes of at least 4 members (excludes halogenated alkanes) is 2. The SMILES string of the molecule is Cc1ccc(OCCCCCNCC(C)C)c(C)c1. The summed E-state index contributed by atoms with van der Waals surface area (Å²) in [5, 5.41) is 3.47. The van der Waals surface area contributed by atoms with E-state index in [9.17, 15) is 0 Å². The van der Waals surface area contributed by atoms with Crippen LogP contribution in [0.5, 0.6) is 5.75 Å². The lowest BCUT2D eigenvalue weighted by Gasteiger charge is -2.10. The number of benzene rings is 1. The molecule has 2 heteroatoms. The fraction of sp³-hybridized carbons (Fsp3) is 0.647. The van der Waals surface area contributed by atoms with Gasteiger partial charge in [0.1, 0.15) is 5.75 Å². The maximum absolute atomic E-state index is 5.82. The molecule has 1 N–H and O–H groups in total. The Morgan fingerprint density at radius 1 is 1.11 bits per heavy atom. The van der Waals surface area contributed by atoms with Crippen LogP contribution >= 0.6 is 0 Å². The Morgan fingerprint density at radius 2 is 1.89 bits per heavy atom. The average Bonchev–Trinajstić information content (AvgIpc) is 2.34. The topological polar surface area (TPSA) is 21.3 Å². The Bertz CT molecular complexity index is 360. The van der Waals surface area contributed by atoms with E-state index in [2.05, 4.69) is 51.2 Å². The van der Waals surface area contributed by atoms with Crippen LogP contribution in [0.3, 0.4) is 0 Å². The second-order valence-electron chi connectivity index (χ2n) is 5.78. The van der Waals surface area contributed by atoms with Crippen molar-refractivity contribution in [2.75, 3.05) is 19.7 Å². The highest BCUT2D eigenvalue weighted by atomic mass is 16.5. The standard InChI is InChI=1S/C17H29NO/c1-14(2)13-18-10-6-5-7-11-19-17-9-8-15(3)12-16(17)4/h8-9,12,14,18H,5-7,10-11,13H2,1-4H3. The third kappa shape index (κ3) is 7.22. The van der Waals surface area contributed by atoms with Crippen LogP contribution in [0.15, 0.2) is 18.2 Å². The summed E-state index contributed by atoms with van der Waals surface area (Å²) in [6, 6.07) is 6.36. The second-order valence-corrected chi connectivity index (χ2v) is 5.78. The first-order chi connectivity index (χ1) is 9.09. The normalized spacial score (nSPS) is 11.0. The molecule has 1 aromatic rings. The van der Waals surface area contributed by atoms with Gasteiger partial charge in [-0.05, 0) is 63.7 Å². The molecule has 0 aliphatic heterocycles. The van der Waals surface area contributed by atoms with Gasteiger partial charge in [-0.3, -0.25) is 0 Å². The molecule has 2 nitrogen and oxygen atoms in total. The zero-order valence-corrected chi connectivity index (χ0v) is 13.0. The molecule has 108 valence electrons. The van der Waals surface area contributed by atoms with Gasteiger partial charge < -0.3 is 10.1 Å². The van der Waals surface area contributed by atoms with Crippen molar-refractivity contribution in [2.24, 2.45) is 5.92 Å². The van der Waals surface area contributed by atoms with E-state index in [1.54, 1.807) is 0 Å². The highest BCUT2D eigenvalue weighted by molar-refractivity contribution is 5.35. The third-order valence-corrected chi connectivity index (χ3v) is 3.14. The number of ether oxygens (including phenoxy) is 1. The molecule has 0 radical (unpaired) electrons. The predicted octanol–water partition coefficient (Wildman–Crippen LogP) is 4.10. The summed E-state index contributed by atoms with van der Waals surface area (Å²) < 4.78 is 5.82. The number of hydrogen-bond donors (Lipinski definition) is 1. The molecule has 0 saturated carbocycles. The average molecular weight is 263 g/mol. The van der Waals surface area contributed by atoms with E-state index in [0.717, 1.165) is 37.8 Å². The van der Waals surface area contributed by atoms with Crippen molar-refractivity contribution in [1.82, 2.24) is 5.32 Å². The first kappa shape index (κ1) is 16.0. The molecular weight excluding hydrogens is 234 g/mol. The minimum absolute atomic E-state index is 0.743. The minimum atomic E-state index is 0.743. The van der Waals surface area contributed by atoms with Crippen LogP contribution in [-0.2, 0) is 0 Å². The predicted molar refractivity (Wildman–Crippen MR) is 83.0 cm³/mol. The molecule has 1 aromatic carbocycles. The Hall–Kier alpha value is -1.02. The molecule has 0 aromatic heterocycles. The Labute approximate surface area is 118 Å². The quantitative estimate of drug-likeness (QED) is 0.677. The van der Waals surface area contributed by atoms with Crippen LogP contribution in [0.1, 0.15) is 44.2 Å². The van der Waals surface area contributed by atoms with Gasteiger partial charge in [0.25, 0.3) is 0 Å². The highest BCUT2D eigenvalue weighted by Gasteiger charge is 1.99. The first-order valence-electron chi connectivity index (χ1n) is 7.50. The molecule has 19 heavy (non-hydrogen) atoms. The van der Waals surface area contributed by atoms with Crippen LogP contribution < -0.4 is 10.1 Å². The second kappa shape index (κ2) is 8.98. The fourth-order valence-electron chi connectivity index (χ4n) is 2.06. The van der Waals surface area contributed by atoms with Gasteiger partial charge in [0.05, 0.1) is 6.61 Å². The lowest BCUT2D eigenvalue weighted by atomic mass is 10.1. The lowest BCUT2D eigenvalue weighted by Crippen LogP contribution is -2.20. The molecule has 0 fully saturated rings. The molecule has 0 spiro atoms. The van der Waals surface area contributed by atoms with Gasteiger partial charge in [0.15, 0.2) is 0 Å². The van der Waals surface area contributed by atoms with Gasteiger partial charge in [0, 0.05) is 0 Å². The number of nitrogens with one attached hydrogen (secondary N) is 1. The molecule has 0 unspecified atom stereocenters. The smallest absolute Gasteiger partial charge is 0.122 e. The summed E-state index contributed by atoms with van der Waals surface area (Å²) in [7, 11) is 0. The number of hydrogen-bond acceptors (Lipinski definition) is 2. The van der Waals surface area contributed by atoms with Crippen molar-refractivity contribution in [2.45, 2.75) is 47.0 Å². The van der Waals surface area contributed by atoms with Crippen LogP contribution in [0.4, 0.5) is 0 Å². The van der Waals surface area contributed by atoms with Crippen LogP contribution in [0.2, 0.25) is 0 Å². The Balaban J connectivity index is 2.04. The molecular formula is C17H29NO. The summed E-state index contributed by atoms with van der Waals surface area (Å²) in [5.41, 5.74) is 2.53. The molecule has 0 heterocycles. The van der Waals surface area contributed by atoms with Gasteiger partial charge in [-0.1, -0.05) is 31.5 Å². The molecule has 0 aliphatic carbocycles. The molecule has 0 aliphatic rings. The van der Waals surface area contributed by atoms with E-state index in [1.807, 2.05) is 0 Å². The van der Waals surface area contributed by atoms with Crippen molar-refractivity contribution in [1.29, 1.82) is 0 Å². The van der Waals surface area contributed by atoms with Crippen molar-refractivity contribution < 1.29 is 4.74 Å². The summed E-state index contributed by atoms with van der Waals surface area (Å²) >= 11 is 0. The maximum Gasteiger partial charge on any atom is 0.122 e. The largest absolute Gasteiger partial charge is 0.493 e. The molecule has 0 saturated heterocycles. The van der Waals surface area contributed by atoms with Crippen molar-refractivity contribution in [3.8, 4) is 5.75 Å².